The molecule has 0 aromatic heterocycles. The first-order valence-corrected chi connectivity index (χ1v) is 3.55. The van der Waals surface area contributed by atoms with E-state index in [2.05, 4.69) is 23.0 Å². The van der Waals surface area contributed by atoms with E-state index in [0.29, 0.717) is 6.04 Å². The number of fused-ring (bicyclic) bond motifs is 1. The number of amidine groups is 1. The standard InChI is InChI=1S/C8H10N2/c1-7-6-10-5-3-2-4-8(10)9-7/h2-5,7H,6H2,1H3. The average molecular weight is 134 g/mol. The Morgan fingerprint density at radius 3 is 3.30 bits per heavy atom. The van der Waals surface area contributed by atoms with Gasteiger partial charge in [-0.25, -0.2) is 0 Å². The minimum atomic E-state index is 0.461. The molecule has 1 atom stereocenters. The first-order chi connectivity index (χ1) is 4.86. The molecule has 1 unspecified atom stereocenters. The molecule has 0 radical (unpaired) electrons. The summed E-state index contributed by atoms with van der Waals surface area (Å²) in [5.41, 5.74) is 0. The highest BCUT2D eigenvalue weighted by molar-refractivity contribution is 5.96. The summed E-state index contributed by atoms with van der Waals surface area (Å²) in [5.74, 6) is 1.11. The first-order valence-electron chi connectivity index (χ1n) is 3.55. The van der Waals surface area contributed by atoms with Gasteiger partial charge in [0, 0.05) is 12.7 Å². The largest absolute Gasteiger partial charge is 0.331 e. The van der Waals surface area contributed by atoms with Gasteiger partial charge >= 0.3 is 0 Å². The lowest BCUT2D eigenvalue weighted by Crippen LogP contribution is -2.22. The van der Waals surface area contributed by atoms with Gasteiger partial charge in [0.2, 0.25) is 0 Å². The summed E-state index contributed by atoms with van der Waals surface area (Å²) in [6.45, 7) is 3.17. The third-order valence-electron chi connectivity index (χ3n) is 1.73. The average Bonchev–Trinajstić information content (AvgIpc) is 2.27. The highest BCUT2D eigenvalue weighted by atomic mass is 15.2. The quantitative estimate of drug-likeness (QED) is 0.485. The molecule has 0 amide bonds. The zero-order valence-corrected chi connectivity index (χ0v) is 5.99. The molecule has 0 aliphatic carbocycles. The topological polar surface area (TPSA) is 15.6 Å². The molecule has 0 N–H and O–H groups in total. The van der Waals surface area contributed by atoms with E-state index < -0.39 is 0 Å². The van der Waals surface area contributed by atoms with Crippen molar-refractivity contribution in [1.82, 2.24) is 4.90 Å². The number of rotatable bonds is 0. The summed E-state index contributed by atoms with van der Waals surface area (Å²) in [7, 11) is 0. The van der Waals surface area contributed by atoms with E-state index in [-0.39, 0.29) is 0 Å². The van der Waals surface area contributed by atoms with Gasteiger partial charge in [-0.3, -0.25) is 4.99 Å². The van der Waals surface area contributed by atoms with E-state index in [1.54, 1.807) is 0 Å². The Morgan fingerprint density at radius 1 is 1.60 bits per heavy atom. The van der Waals surface area contributed by atoms with Gasteiger partial charge in [-0.15, -0.1) is 0 Å². The number of aliphatic imine (C=N–C) groups is 1. The lowest BCUT2D eigenvalue weighted by molar-refractivity contribution is 0.557. The minimum absolute atomic E-state index is 0.461. The van der Waals surface area contributed by atoms with Crippen LogP contribution in [-0.2, 0) is 0 Å². The summed E-state index contributed by atoms with van der Waals surface area (Å²) < 4.78 is 0. The number of nitrogens with zero attached hydrogens (tertiary/aromatic N) is 2. The Kier molecular flexibility index (Phi) is 1.13. The zero-order chi connectivity index (χ0) is 6.97. The van der Waals surface area contributed by atoms with E-state index in [4.69, 9.17) is 0 Å². The van der Waals surface area contributed by atoms with Gasteiger partial charge < -0.3 is 4.90 Å². The van der Waals surface area contributed by atoms with Crippen LogP contribution >= 0.6 is 0 Å². The van der Waals surface area contributed by atoms with Crippen LogP contribution in [-0.4, -0.2) is 23.3 Å². The smallest absolute Gasteiger partial charge is 0.127 e. The second-order valence-corrected chi connectivity index (χ2v) is 2.69. The second-order valence-electron chi connectivity index (χ2n) is 2.69. The Morgan fingerprint density at radius 2 is 2.50 bits per heavy atom. The van der Waals surface area contributed by atoms with Gasteiger partial charge in [0.05, 0.1) is 6.04 Å². The van der Waals surface area contributed by atoms with E-state index >= 15 is 0 Å². The minimum Gasteiger partial charge on any atom is -0.331 e. The van der Waals surface area contributed by atoms with Crippen molar-refractivity contribution < 1.29 is 0 Å². The Balaban J connectivity index is 2.29. The number of allylic oxidation sites excluding steroid dienone is 2. The van der Waals surface area contributed by atoms with Crippen molar-refractivity contribution in [2.24, 2.45) is 4.99 Å². The van der Waals surface area contributed by atoms with Crippen molar-refractivity contribution in [3.05, 3.63) is 24.4 Å². The summed E-state index contributed by atoms with van der Waals surface area (Å²) >= 11 is 0. The molecule has 2 nitrogen and oxygen atoms in total. The fraction of sp³-hybridized carbons (Fsp3) is 0.375. The van der Waals surface area contributed by atoms with Crippen molar-refractivity contribution in [2.45, 2.75) is 13.0 Å². The molecule has 2 heteroatoms. The molecule has 10 heavy (non-hydrogen) atoms. The van der Waals surface area contributed by atoms with Crippen LogP contribution in [0.5, 0.6) is 0 Å². The Bertz CT molecular complexity index is 225. The summed E-state index contributed by atoms with van der Waals surface area (Å²) in [5, 5.41) is 0. The van der Waals surface area contributed by atoms with Crippen LogP contribution in [0.3, 0.4) is 0 Å². The molecule has 0 aromatic rings. The van der Waals surface area contributed by atoms with Gasteiger partial charge in [-0.05, 0) is 19.1 Å². The normalized spacial score (nSPS) is 28.7. The van der Waals surface area contributed by atoms with Gasteiger partial charge in [0.1, 0.15) is 5.84 Å². The zero-order valence-electron chi connectivity index (χ0n) is 5.99. The van der Waals surface area contributed by atoms with Gasteiger partial charge in [0.15, 0.2) is 0 Å². The maximum atomic E-state index is 4.42. The Labute approximate surface area is 60.6 Å². The molecule has 0 bridgehead atoms. The van der Waals surface area contributed by atoms with Crippen LogP contribution in [0.25, 0.3) is 0 Å². The molecule has 2 aliphatic heterocycles. The number of hydrogen-bond donors (Lipinski definition) is 0. The Hall–Kier alpha value is -1.05. The maximum Gasteiger partial charge on any atom is 0.127 e. The van der Waals surface area contributed by atoms with Crippen molar-refractivity contribution in [1.29, 1.82) is 0 Å². The van der Waals surface area contributed by atoms with Gasteiger partial charge in [-0.1, -0.05) is 6.08 Å². The fourth-order valence-electron chi connectivity index (χ4n) is 1.29. The lowest BCUT2D eigenvalue weighted by Gasteiger charge is -2.14. The molecule has 0 saturated carbocycles. The predicted molar refractivity (Wildman–Crippen MR) is 41.9 cm³/mol. The fourth-order valence-corrected chi connectivity index (χ4v) is 1.29. The van der Waals surface area contributed by atoms with Crippen molar-refractivity contribution >= 4 is 5.84 Å². The highest BCUT2D eigenvalue weighted by Gasteiger charge is 2.18. The number of hydrogen-bond acceptors (Lipinski definition) is 2. The molecule has 2 rings (SSSR count). The van der Waals surface area contributed by atoms with E-state index in [1.165, 1.54) is 0 Å². The summed E-state index contributed by atoms with van der Waals surface area (Å²) in [4.78, 5) is 6.59. The molecular formula is C8H10N2. The molecule has 0 aromatic carbocycles. The third kappa shape index (κ3) is 0.764. The molecule has 0 saturated heterocycles. The highest BCUT2D eigenvalue weighted by Crippen LogP contribution is 2.12. The van der Waals surface area contributed by atoms with Crippen LogP contribution in [0, 0.1) is 0 Å². The van der Waals surface area contributed by atoms with E-state index in [0.717, 1.165) is 12.4 Å². The van der Waals surface area contributed by atoms with Crippen LogP contribution in [0.4, 0.5) is 0 Å². The van der Waals surface area contributed by atoms with E-state index in [9.17, 15) is 0 Å². The van der Waals surface area contributed by atoms with Gasteiger partial charge in [-0.2, -0.15) is 0 Å². The molecular weight excluding hydrogens is 124 g/mol. The lowest BCUT2D eigenvalue weighted by atomic mass is 10.3. The second kappa shape index (κ2) is 1.97. The van der Waals surface area contributed by atoms with E-state index in [1.807, 2.05) is 18.2 Å². The summed E-state index contributed by atoms with van der Waals surface area (Å²) in [6.07, 6.45) is 8.18. The maximum absolute atomic E-state index is 4.42. The molecule has 0 fully saturated rings. The molecule has 2 heterocycles. The van der Waals surface area contributed by atoms with Crippen molar-refractivity contribution in [3.63, 3.8) is 0 Å². The van der Waals surface area contributed by atoms with Crippen LogP contribution in [0.1, 0.15) is 6.92 Å². The van der Waals surface area contributed by atoms with Crippen molar-refractivity contribution in [3.8, 4) is 0 Å². The van der Waals surface area contributed by atoms with Gasteiger partial charge in [0.25, 0.3) is 0 Å². The SMILES string of the molecule is CC1CN2C=CC=CC2=N1. The monoisotopic (exact) mass is 134 g/mol. The molecule has 52 valence electrons. The summed E-state index contributed by atoms with van der Waals surface area (Å²) in [6, 6.07) is 0.461. The van der Waals surface area contributed by atoms with Crippen LogP contribution in [0.2, 0.25) is 0 Å². The third-order valence-corrected chi connectivity index (χ3v) is 1.73. The molecule has 0 spiro atoms. The molecule has 2 aliphatic rings. The van der Waals surface area contributed by atoms with Crippen LogP contribution in [0.15, 0.2) is 29.4 Å². The first kappa shape index (κ1) is 5.71. The predicted octanol–water partition coefficient (Wildman–Crippen LogP) is 1.17. The van der Waals surface area contributed by atoms with Crippen molar-refractivity contribution in [2.75, 3.05) is 6.54 Å². The van der Waals surface area contributed by atoms with Crippen LogP contribution < -0.4 is 0 Å².